The van der Waals surface area contributed by atoms with Crippen LogP contribution in [0.15, 0.2) is 60.2 Å². The standard InChI is InChI=1S/C19H14FN5OS/c1-12-5-4-9-21-17(12)15-11-27-19(22-15)23-18(26)14-8-10-25(24-14)16-7-3-2-6-13(16)20/h2-11H,1H3,(H,22,23,26). The minimum atomic E-state index is -0.414. The number of para-hydroxylation sites is 1. The van der Waals surface area contributed by atoms with Gasteiger partial charge in [0.05, 0.1) is 5.69 Å². The molecular weight excluding hydrogens is 365 g/mol. The van der Waals surface area contributed by atoms with Crippen LogP contribution in [-0.2, 0) is 0 Å². The van der Waals surface area contributed by atoms with Crippen LogP contribution in [-0.4, -0.2) is 25.7 Å². The molecule has 6 nitrogen and oxygen atoms in total. The highest BCUT2D eigenvalue weighted by Gasteiger charge is 2.15. The molecule has 3 heterocycles. The molecule has 0 saturated heterocycles. The highest BCUT2D eigenvalue weighted by Crippen LogP contribution is 2.25. The van der Waals surface area contributed by atoms with Crippen molar-refractivity contribution in [3.8, 4) is 17.1 Å². The number of hydrogen-bond donors (Lipinski definition) is 1. The number of carbonyl (C=O) groups is 1. The van der Waals surface area contributed by atoms with E-state index in [0.717, 1.165) is 11.3 Å². The lowest BCUT2D eigenvalue weighted by Crippen LogP contribution is -2.13. The molecule has 0 aliphatic rings. The maximum absolute atomic E-state index is 13.9. The molecule has 0 unspecified atom stereocenters. The van der Waals surface area contributed by atoms with Gasteiger partial charge in [-0.05, 0) is 36.8 Å². The zero-order chi connectivity index (χ0) is 18.8. The van der Waals surface area contributed by atoms with Crippen molar-refractivity contribution in [3.63, 3.8) is 0 Å². The van der Waals surface area contributed by atoms with Gasteiger partial charge in [-0.1, -0.05) is 18.2 Å². The molecule has 0 spiro atoms. The summed E-state index contributed by atoms with van der Waals surface area (Å²) in [4.78, 5) is 21.2. The maximum atomic E-state index is 13.9. The quantitative estimate of drug-likeness (QED) is 0.580. The fourth-order valence-corrected chi connectivity index (χ4v) is 3.26. The minimum Gasteiger partial charge on any atom is -0.296 e. The molecule has 0 radical (unpaired) electrons. The summed E-state index contributed by atoms with van der Waals surface area (Å²) < 4.78 is 15.2. The van der Waals surface area contributed by atoms with Crippen molar-refractivity contribution < 1.29 is 9.18 Å². The summed E-state index contributed by atoms with van der Waals surface area (Å²) in [6, 6.07) is 11.6. The lowest BCUT2D eigenvalue weighted by molar-refractivity contribution is 0.102. The zero-order valence-electron chi connectivity index (χ0n) is 14.3. The number of aryl methyl sites for hydroxylation is 1. The molecule has 0 aliphatic carbocycles. The van der Waals surface area contributed by atoms with Gasteiger partial charge in [0, 0.05) is 17.8 Å². The Hall–Kier alpha value is -3.39. The second kappa shape index (κ2) is 7.08. The van der Waals surface area contributed by atoms with Crippen molar-refractivity contribution in [2.24, 2.45) is 0 Å². The van der Waals surface area contributed by atoms with Crippen molar-refractivity contribution >= 4 is 22.4 Å². The number of pyridine rings is 1. The number of aromatic nitrogens is 4. The molecule has 4 rings (SSSR count). The number of anilines is 1. The van der Waals surface area contributed by atoms with Gasteiger partial charge in [-0.25, -0.2) is 14.1 Å². The third-order valence-electron chi connectivity index (χ3n) is 3.90. The number of benzene rings is 1. The average Bonchev–Trinajstić information content (AvgIpc) is 3.32. The molecule has 3 aromatic heterocycles. The molecule has 1 aromatic carbocycles. The van der Waals surface area contributed by atoms with Crippen LogP contribution < -0.4 is 5.32 Å². The van der Waals surface area contributed by atoms with Crippen LogP contribution >= 0.6 is 11.3 Å². The predicted molar refractivity (Wildman–Crippen MR) is 102 cm³/mol. The van der Waals surface area contributed by atoms with Gasteiger partial charge in [0.2, 0.25) is 0 Å². The molecule has 0 atom stereocenters. The van der Waals surface area contributed by atoms with Crippen LogP contribution in [0.2, 0.25) is 0 Å². The Morgan fingerprint density at radius 2 is 2.04 bits per heavy atom. The van der Waals surface area contributed by atoms with E-state index in [-0.39, 0.29) is 11.4 Å². The normalized spacial score (nSPS) is 10.7. The van der Waals surface area contributed by atoms with Crippen molar-refractivity contribution in [3.05, 3.63) is 77.3 Å². The van der Waals surface area contributed by atoms with Crippen LogP contribution in [0.25, 0.3) is 17.1 Å². The summed E-state index contributed by atoms with van der Waals surface area (Å²) in [5, 5.41) is 9.15. The maximum Gasteiger partial charge on any atom is 0.277 e. The first-order chi connectivity index (χ1) is 13.1. The first-order valence-corrected chi connectivity index (χ1v) is 8.99. The monoisotopic (exact) mass is 379 g/mol. The van der Waals surface area contributed by atoms with Crippen molar-refractivity contribution in [2.45, 2.75) is 6.92 Å². The zero-order valence-corrected chi connectivity index (χ0v) is 15.1. The molecule has 0 aliphatic heterocycles. The van der Waals surface area contributed by atoms with E-state index in [1.165, 1.54) is 34.3 Å². The minimum absolute atomic E-state index is 0.170. The van der Waals surface area contributed by atoms with Crippen molar-refractivity contribution in [2.75, 3.05) is 5.32 Å². The van der Waals surface area contributed by atoms with E-state index in [9.17, 15) is 9.18 Å². The number of thiazole rings is 1. The van der Waals surface area contributed by atoms with Crippen LogP contribution in [0.4, 0.5) is 9.52 Å². The molecule has 134 valence electrons. The summed E-state index contributed by atoms with van der Waals surface area (Å²) in [5.74, 6) is -0.827. The first kappa shape index (κ1) is 17.0. The van der Waals surface area contributed by atoms with Crippen LogP contribution in [0.1, 0.15) is 16.1 Å². The van der Waals surface area contributed by atoms with Gasteiger partial charge in [0.1, 0.15) is 17.2 Å². The summed E-state index contributed by atoms with van der Waals surface area (Å²) in [5.41, 5.74) is 2.93. The SMILES string of the molecule is Cc1cccnc1-c1csc(NC(=O)c2ccn(-c3ccccc3F)n2)n1. The smallest absolute Gasteiger partial charge is 0.277 e. The fourth-order valence-electron chi connectivity index (χ4n) is 2.57. The Morgan fingerprint density at radius 3 is 2.85 bits per heavy atom. The number of rotatable bonds is 4. The van der Waals surface area contributed by atoms with Gasteiger partial charge in [0.15, 0.2) is 10.8 Å². The predicted octanol–water partition coefficient (Wildman–Crippen LogP) is 4.09. The Balaban J connectivity index is 1.52. The highest BCUT2D eigenvalue weighted by atomic mass is 32.1. The topological polar surface area (TPSA) is 72.7 Å². The second-order valence-corrected chi connectivity index (χ2v) is 6.62. The number of nitrogens with one attached hydrogen (secondary N) is 1. The lowest BCUT2D eigenvalue weighted by Gasteiger charge is -2.02. The molecule has 0 bridgehead atoms. The van der Waals surface area contributed by atoms with E-state index in [2.05, 4.69) is 20.4 Å². The van der Waals surface area contributed by atoms with E-state index in [1.807, 2.05) is 24.4 Å². The van der Waals surface area contributed by atoms with E-state index < -0.39 is 11.7 Å². The van der Waals surface area contributed by atoms with Crippen LogP contribution in [0, 0.1) is 12.7 Å². The van der Waals surface area contributed by atoms with Gasteiger partial charge in [0.25, 0.3) is 5.91 Å². The largest absolute Gasteiger partial charge is 0.296 e. The fraction of sp³-hybridized carbons (Fsp3) is 0.0526. The second-order valence-electron chi connectivity index (χ2n) is 5.76. The summed E-state index contributed by atoms with van der Waals surface area (Å²) in [6.45, 7) is 1.95. The number of halogens is 1. The summed E-state index contributed by atoms with van der Waals surface area (Å²) in [7, 11) is 0. The molecule has 0 saturated carbocycles. The molecule has 8 heteroatoms. The van der Waals surface area contributed by atoms with Crippen molar-refractivity contribution in [1.29, 1.82) is 0 Å². The average molecular weight is 379 g/mol. The van der Waals surface area contributed by atoms with Crippen LogP contribution in [0.3, 0.4) is 0 Å². The third-order valence-corrected chi connectivity index (χ3v) is 4.66. The Kier molecular flexibility index (Phi) is 4.47. The lowest BCUT2D eigenvalue weighted by atomic mass is 10.2. The number of carbonyl (C=O) groups excluding carboxylic acids is 1. The molecule has 0 fully saturated rings. The summed E-state index contributed by atoms with van der Waals surface area (Å²) >= 11 is 1.30. The molecular formula is C19H14FN5OS. The molecule has 1 N–H and O–H groups in total. The Bertz CT molecular complexity index is 1120. The van der Waals surface area contributed by atoms with Gasteiger partial charge in [-0.2, -0.15) is 5.10 Å². The molecule has 1 amide bonds. The van der Waals surface area contributed by atoms with E-state index in [4.69, 9.17) is 0 Å². The van der Waals surface area contributed by atoms with Crippen LogP contribution in [0.5, 0.6) is 0 Å². The molecule has 27 heavy (non-hydrogen) atoms. The summed E-state index contributed by atoms with van der Waals surface area (Å²) in [6.07, 6.45) is 3.24. The number of hydrogen-bond acceptors (Lipinski definition) is 5. The van der Waals surface area contributed by atoms with E-state index >= 15 is 0 Å². The van der Waals surface area contributed by atoms with E-state index in [1.54, 1.807) is 24.4 Å². The van der Waals surface area contributed by atoms with Crippen molar-refractivity contribution in [1.82, 2.24) is 19.7 Å². The Labute approximate surface area is 158 Å². The third kappa shape index (κ3) is 3.47. The number of amides is 1. The molecule has 4 aromatic rings. The van der Waals surface area contributed by atoms with Gasteiger partial charge in [-0.3, -0.25) is 15.1 Å². The highest BCUT2D eigenvalue weighted by molar-refractivity contribution is 7.14. The van der Waals surface area contributed by atoms with Gasteiger partial charge in [-0.15, -0.1) is 11.3 Å². The Morgan fingerprint density at radius 1 is 1.19 bits per heavy atom. The van der Waals surface area contributed by atoms with Gasteiger partial charge < -0.3 is 0 Å². The number of nitrogens with zero attached hydrogens (tertiary/aromatic N) is 4. The van der Waals surface area contributed by atoms with Gasteiger partial charge >= 0.3 is 0 Å². The first-order valence-electron chi connectivity index (χ1n) is 8.11. The van der Waals surface area contributed by atoms with E-state index in [0.29, 0.717) is 10.8 Å².